The Labute approximate surface area is 310 Å². The van der Waals surface area contributed by atoms with Crippen LogP contribution in [0.3, 0.4) is 0 Å². The lowest BCUT2D eigenvalue weighted by atomic mass is 9.92. The van der Waals surface area contributed by atoms with E-state index in [1.54, 1.807) is 36.4 Å². The van der Waals surface area contributed by atoms with Crippen LogP contribution >= 0.6 is 11.3 Å². The molecule has 3 amide bonds. The summed E-state index contributed by atoms with van der Waals surface area (Å²) in [5.41, 5.74) is 0.801. The van der Waals surface area contributed by atoms with Crippen molar-refractivity contribution in [2.24, 2.45) is 17.8 Å². The lowest BCUT2D eigenvalue weighted by Gasteiger charge is -2.38. The van der Waals surface area contributed by atoms with Gasteiger partial charge in [0.2, 0.25) is 11.8 Å². The molecule has 0 spiro atoms. The van der Waals surface area contributed by atoms with Gasteiger partial charge in [0.05, 0.1) is 12.0 Å². The van der Waals surface area contributed by atoms with Crippen LogP contribution in [0.5, 0.6) is 0 Å². The predicted octanol–water partition coefficient (Wildman–Crippen LogP) is 5.23. The molecule has 1 fully saturated rings. The van der Waals surface area contributed by atoms with Gasteiger partial charge in [-0.15, -0.1) is 11.3 Å². The summed E-state index contributed by atoms with van der Waals surface area (Å²) < 4.78 is 19.2. The third-order valence-electron chi connectivity index (χ3n) is 10.0. The fourth-order valence-electron chi connectivity index (χ4n) is 6.64. The number of thiazole rings is 1. The quantitative estimate of drug-likeness (QED) is 0.174. The number of nitrogens with zero attached hydrogens (tertiary/aromatic N) is 3. The lowest BCUT2D eigenvalue weighted by Crippen LogP contribution is -2.58. The number of ether oxygens (including phenoxy) is 1. The van der Waals surface area contributed by atoms with Crippen LogP contribution in [-0.4, -0.2) is 94.4 Å². The lowest BCUT2D eigenvalue weighted by molar-refractivity contribution is -0.149. The van der Waals surface area contributed by atoms with E-state index in [0.717, 1.165) is 42.7 Å². The van der Waals surface area contributed by atoms with Gasteiger partial charge < -0.3 is 25.4 Å². The number of carbonyl (C=O) groups excluding carboxylic acids is 4. The molecular formula is C38H56FN5O7S. The smallest absolute Gasteiger partial charge is 0.306 e. The fourth-order valence-corrected chi connectivity index (χ4v) is 7.48. The first-order valence-electron chi connectivity index (χ1n) is 18.2. The van der Waals surface area contributed by atoms with E-state index in [0.29, 0.717) is 11.4 Å². The molecule has 3 rings (SSSR count). The van der Waals surface area contributed by atoms with E-state index >= 15 is 0 Å². The number of carbonyl (C=O) groups is 5. The minimum atomic E-state index is -1.00. The summed E-state index contributed by atoms with van der Waals surface area (Å²) in [5.74, 6) is -3.83. The highest BCUT2D eigenvalue weighted by Gasteiger charge is 2.37. The normalized spacial score (nSPS) is 18.4. The Morgan fingerprint density at radius 2 is 1.75 bits per heavy atom. The van der Waals surface area contributed by atoms with Crippen molar-refractivity contribution in [2.75, 3.05) is 20.6 Å². The molecule has 1 unspecified atom stereocenters. The van der Waals surface area contributed by atoms with Gasteiger partial charge in [0, 0.05) is 37.9 Å². The van der Waals surface area contributed by atoms with Gasteiger partial charge in [-0.2, -0.15) is 0 Å². The van der Waals surface area contributed by atoms with Gasteiger partial charge in [0.1, 0.15) is 22.6 Å². The zero-order valence-electron chi connectivity index (χ0n) is 31.7. The summed E-state index contributed by atoms with van der Waals surface area (Å²) in [7, 11) is 3.63. The van der Waals surface area contributed by atoms with Crippen LogP contribution in [0.4, 0.5) is 4.39 Å². The van der Waals surface area contributed by atoms with Crippen molar-refractivity contribution >= 4 is 41.0 Å². The molecule has 1 aliphatic rings. The van der Waals surface area contributed by atoms with Gasteiger partial charge in [-0.1, -0.05) is 59.6 Å². The Kier molecular flexibility index (Phi) is 16.2. The monoisotopic (exact) mass is 745 g/mol. The van der Waals surface area contributed by atoms with Crippen molar-refractivity contribution in [1.29, 1.82) is 0 Å². The van der Waals surface area contributed by atoms with Crippen molar-refractivity contribution in [3.63, 3.8) is 0 Å². The van der Waals surface area contributed by atoms with E-state index < -0.39 is 53.8 Å². The summed E-state index contributed by atoms with van der Waals surface area (Å²) in [6.07, 6.45) is 3.15. The Balaban J connectivity index is 1.81. The second-order valence-electron chi connectivity index (χ2n) is 14.5. The van der Waals surface area contributed by atoms with Gasteiger partial charge in [0.25, 0.3) is 5.91 Å². The molecule has 1 saturated heterocycles. The molecule has 0 bridgehead atoms. The Morgan fingerprint density at radius 3 is 2.33 bits per heavy atom. The van der Waals surface area contributed by atoms with E-state index in [4.69, 9.17) is 4.74 Å². The number of piperidine rings is 1. The molecule has 1 aromatic carbocycles. The van der Waals surface area contributed by atoms with Crippen LogP contribution in [0, 0.1) is 23.6 Å². The molecule has 12 nitrogen and oxygen atoms in total. The van der Waals surface area contributed by atoms with Crippen molar-refractivity contribution in [3.05, 3.63) is 51.7 Å². The standard InChI is InChI=1S/C38H56FN5O7S/c1-9-23(4)33(42-35(47)30-12-10-11-17-43(30)7)37(48)44(8)31(22(2)3)20-32(51-25(6)45)36-41-29(21-52-36)34(46)40-28(18-24(5)38(49)50)19-26-13-15-27(39)16-14-26/h13-16,21-24,28,30-33H,9-12,17-20H2,1-8H3,(H,40,46)(H,42,47)(H,49,50)/t23?,24-,28+,30+,31+,32+,33-/m0/s1. The molecular weight excluding hydrogens is 690 g/mol. The number of halogens is 1. The van der Waals surface area contributed by atoms with E-state index in [-0.39, 0.29) is 54.6 Å². The summed E-state index contributed by atoms with van der Waals surface area (Å²) in [4.78, 5) is 73.2. The number of aromatic nitrogens is 1. The number of nitrogens with one attached hydrogen (secondary N) is 2. The number of likely N-dealkylation sites (N-methyl/N-ethyl adjacent to an activating group) is 2. The summed E-state index contributed by atoms with van der Waals surface area (Å²) in [6, 6.07) is 3.76. The topological polar surface area (TPSA) is 158 Å². The number of likely N-dealkylation sites (tertiary alicyclic amines) is 1. The van der Waals surface area contributed by atoms with E-state index in [9.17, 15) is 33.5 Å². The van der Waals surface area contributed by atoms with Crippen LogP contribution in [0.2, 0.25) is 0 Å². The minimum Gasteiger partial charge on any atom is -0.481 e. The van der Waals surface area contributed by atoms with Crippen LogP contribution in [0.1, 0.15) is 107 Å². The number of carboxylic acids is 1. The minimum absolute atomic E-state index is 0.0713. The maximum atomic E-state index is 14.2. The molecule has 2 heterocycles. The number of esters is 1. The molecule has 1 aliphatic heterocycles. The zero-order chi connectivity index (χ0) is 38.7. The number of hydrogen-bond acceptors (Lipinski definition) is 9. The number of hydrogen-bond donors (Lipinski definition) is 3. The van der Waals surface area contributed by atoms with Gasteiger partial charge in [-0.25, -0.2) is 9.37 Å². The first-order valence-corrected chi connectivity index (χ1v) is 19.1. The first kappa shape index (κ1) is 42.5. The van der Waals surface area contributed by atoms with Crippen LogP contribution in [0.15, 0.2) is 29.6 Å². The van der Waals surface area contributed by atoms with E-state index in [1.165, 1.54) is 19.1 Å². The Morgan fingerprint density at radius 1 is 1.08 bits per heavy atom. The summed E-state index contributed by atoms with van der Waals surface area (Å²) in [6.45, 7) is 11.5. The second-order valence-corrected chi connectivity index (χ2v) is 15.4. The third-order valence-corrected chi connectivity index (χ3v) is 11.0. The third kappa shape index (κ3) is 12.1. The molecule has 0 aliphatic carbocycles. The predicted molar refractivity (Wildman–Crippen MR) is 197 cm³/mol. The zero-order valence-corrected chi connectivity index (χ0v) is 32.5. The summed E-state index contributed by atoms with van der Waals surface area (Å²) in [5, 5.41) is 17.4. The van der Waals surface area contributed by atoms with Crippen molar-refractivity contribution in [1.82, 2.24) is 25.4 Å². The average molecular weight is 746 g/mol. The number of benzene rings is 1. The SMILES string of the molecule is CCC(C)[C@H](NC(=O)[C@H]1CCCCN1C)C(=O)N(C)[C@H](C[C@@H](OC(C)=O)c1nc(C(=O)N[C@@H](Cc2ccc(F)cc2)C[C@H](C)C(=O)O)cs1)C(C)C. The molecule has 0 saturated carbocycles. The second kappa shape index (κ2) is 19.8. The number of amides is 3. The molecule has 1 aromatic heterocycles. The van der Waals surface area contributed by atoms with E-state index in [1.807, 2.05) is 39.6 Å². The average Bonchev–Trinajstić information content (AvgIpc) is 3.59. The molecule has 3 N–H and O–H groups in total. The molecule has 2 aromatic rings. The van der Waals surface area contributed by atoms with Crippen LogP contribution in [-0.2, 0) is 30.3 Å². The highest BCUT2D eigenvalue weighted by atomic mass is 32.1. The van der Waals surface area contributed by atoms with Crippen LogP contribution < -0.4 is 10.6 Å². The molecule has 52 heavy (non-hydrogen) atoms. The maximum absolute atomic E-state index is 14.2. The maximum Gasteiger partial charge on any atom is 0.306 e. The molecule has 288 valence electrons. The fraction of sp³-hybridized carbons (Fsp3) is 0.632. The number of aliphatic carboxylic acids is 1. The number of rotatable bonds is 18. The Bertz CT molecular complexity index is 1520. The molecule has 0 radical (unpaired) electrons. The summed E-state index contributed by atoms with van der Waals surface area (Å²) >= 11 is 1.14. The number of carboxylic acid groups (broad SMARTS) is 1. The van der Waals surface area contributed by atoms with Crippen LogP contribution in [0.25, 0.3) is 0 Å². The largest absolute Gasteiger partial charge is 0.481 e. The van der Waals surface area contributed by atoms with Gasteiger partial charge in [0.15, 0.2) is 6.10 Å². The highest BCUT2D eigenvalue weighted by Crippen LogP contribution is 2.31. The van der Waals surface area contributed by atoms with E-state index in [2.05, 4.69) is 15.6 Å². The van der Waals surface area contributed by atoms with Gasteiger partial charge in [-0.3, -0.25) is 28.9 Å². The first-order chi connectivity index (χ1) is 24.5. The highest BCUT2D eigenvalue weighted by molar-refractivity contribution is 7.09. The van der Waals surface area contributed by atoms with Gasteiger partial charge >= 0.3 is 11.9 Å². The molecule has 14 heteroatoms. The van der Waals surface area contributed by atoms with Crippen molar-refractivity contribution in [3.8, 4) is 0 Å². The van der Waals surface area contributed by atoms with Crippen molar-refractivity contribution in [2.45, 2.75) is 117 Å². The Hall–Kier alpha value is -3.91. The van der Waals surface area contributed by atoms with Crippen molar-refractivity contribution < 1.29 is 38.2 Å². The van der Waals surface area contributed by atoms with Gasteiger partial charge in [-0.05, 0) is 68.8 Å². The molecule has 7 atom stereocenters.